The van der Waals surface area contributed by atoms with Crippen LogP contribution in [-0.4, -0.2) is 49.4 Å². The molecule has 12 heteroatoms. The molecule has 0 heterocycles. The van der Waals surface area contributed by atoms with Crippen molar-refractivity contribution in [1.82, 2.24) is 4.47 Å². The van der Waals surface area contributed by atoms with Crippen LogP contribution in [0.1, 0.15) is 25.7 Å². The summed E-state index contributed by atoms with van der Waals surface area (Å²) in [6, 6.07) is 2.12. The normalized spacial score (nSPS) is 19.9. The van der Waals surface area contributed by atoms with Crippen LogP contribution in [0.5, 0.6) is 5.75 Å². The van der Waals surface area contributed by atoms with Gasteiger partial charge < -0.3 is 20.8 Å². The van der Waals surface area contributed by atoms with E-state index in [-0.39, 0.29) is 28.1 Å². The van der Waals surface area contributed by atoms with E-state index in [4.69, 9.17) is 11.6 Å². The largest absolute Gasteiger partial charge is 0.504 e. The first-order chi connectivity index (χ1) is 14.1. The average molecular weight is 460 g/mol. The fourth-order valence-corrected chi connectivity index (χ4v) is 4.93. The number of benzene rings is 1. The Balaban J connectivity index is 1.95. The lowest BCUT2D eigenvalue weighted by Gasteiger charge is -2.30. The number of aliphatic hydroxyl groups is 1. The van der Waals surface area contributed by atoms with Crippen molar-refractivity contribution in [3.63, 3.8) is 0 Å². The number of anilines is 3. The van der Waals surface area contributed by atoms with Gasteiger partial charge in [-0.3, -0.25) is 14.4 Å². The lowest BCUT2D eigenvalue weighted by Crippen LogP contribution is -2.43. The number of nitrogens with zero attached hydrogens (tertiary/aromatic N) is 1. The van der Waals surface area contributed by atoms with Gasteiger partial charge in [-0.05, 0) is 25.0 Å². The third-order valence-electron chi connectivity index (χ3n) is 5.17. The summed E-state index contributed by atoms with van der Waals surface area (Å²) in [5, 5.41) is 25.9. The van der Waals surface area contributed by atoms with Gasteiger partial charge in [-0.1, -0.05) is 28.9 Å². The van der Waals surface area contributed by atoms with Gasteiger partial charge in [-0.2, -0.15) is 0 Å². The number of halogens is 1. The third-order valence-corrected chi connectivity index (χ3v) is 7.35. The van der Waals surface area contributed by atoms with Gasteiger partial charge in [0.05, 0.1) is 30.0 Å². The minimum Gasteiger partial charge on any atom is -0.504 e. The maximum absolute atomic E-state index is 12.6. The van der Waals surface area contributed by atoms with Crippen LogP contribution in [-0.2, 0) is 14.9 Å². The van der Waals surface area contributed by atoms with Crippen LogP contribution in [0.15, 0.2) is 26.6 Å². The summed E-state index contributed by atoms with van der Waals surface area (Å²) >= 11 is 5.97. The third kappa shape index (κ3) is 3.91. The second-order valence-corrected chi connectivity index (χ2v) is 9.29. The molecule has 1 aliphatic carbocycles. The SMILES string of the molecule is CON(C)S(=O)(=O)c1c(Cl)ccc(Nc2c(NC3CCCCC3O)c(=O)c2=O)c1O. The number of sulfonamides is 1. The molecule has 1 saturated carbocycles. The topological polar surface area (TPSA) is 145 Å². The number of rotatable bonds is 7. The number of aliphatic hydroxyl groups excluding tert-OH is 1. The summed E-state index contributed by atoms with van der Waals surface area (Å²) < 4.78 is 25.6. The Bertz CT molecular complexity index is 1130. The zero-order valence-electron chi connectivity index (χ0n) is 16.3. The predicted octanol–water partition coefficient (Wildman–Crippen LogP) is 1.28. The first-order valence-corrected chi connectivity index (χ1v) is 11.0. The van der Waals surface area contributed by atoms with Crippen molar-refractivity contribution in [1.29, 1.82) is 0 Å². The molecule has 0 bridgehead atoms. The van der Waals surface area contributed by atoms with Crippen molar-refractivity contribution < 1.29 is 23.5 Å². The van der Waals surface area contributed by atoms with E-state index in [2.05, 4.69) is 15.5 Å². The molecule has 0 amide bonds. The molecule has 2 atom stereocenters. The fraction of sp³-hybridized carbons (Fsp3) is 0.444. The van der Waals surface area contributed by atoms with Crippen molar-refractivity contribution in [2.45, 2.75) is 42.7 Å². The highest BCUT2D eigenvalue weighted by atomic mass is 35.5. The highest BCUT2D eigenvalue weighted by Gasteiger charge is 2.32. The summed E-state index contributed by atoms with van der Waals surface area (Å²) in [7, 11) is -2.04. The summed E-state index contributed by atoms with van der Waals surface area (Å²) in [6.45, 7) is 0. The van der Waals surface area contributed by atoms with Gasteiger partial charge in [0.15, 0.2) is 5.75 Å². The zero-order chi connectivity index (χ0) is 22.2. The van der Waals surface area contributed by atoms with Gasteiger partial charge in [0.25, 0.3) is 20.9 Å². The molecule has 0 aliphatic heterocycles. The van der Waals surface area contributed by atoms with Gasteiger partial charge in [0, 0.05) is 7.05 Å². The molecule has 30 heavy (non-hydrogen) atoms. The van der Waals surface area contributed by atoms with E-state index in [0.29, 0.717) is 17.3 Å². The van der Waals surface area contributed by atoms with Crippen LogP contribution in [0, 0.1) is 0 Å². The van der Waals surface area contributed by atoms with E-state index >= 15 is 0 Å². The van der Waals surface area contributed by atoms with E-state index in [1.807, 2.05) is 0 Å². The van der Waals surface area contributed by atoms with E-state index in [9.17, 15) is 28.2 Å². The summed E-state index contributed by atoms with van der Waals surface area (Å²) in [4.78, 5) is 28.2. The minimum atomic E-state index is -4.29. The van der Waals surface area contributed by atoms with Gasteiger partial charge in [0.1, 0.15) is 16.3 Å². The Morgan fingerprint density at radius 1 is 1.17 bits per heavy atom. The van der Waals surface area contributed by atoms with Gasteiger partial charge in [0.2, 0.25) is 0 Å². The molecule has 0 radical (unpaired) electrons. The Labute approximate surface area is 177 Å². The lowest BCUT2D eigenvalue weighted by atomic mass is 9.92. The highest BCUT2D eigenvalue weighted by molar-refractivity contribution is 7.89. The molecular formula is C18H22ClN3O7S. The van der Waals surface area contributed by atoms with E-state index in [1.165, 1.54) is 12.1 Å². The molecule has 2 unspecified atom stereocenters. The zero-order valence-corrected chi connectivity index (χ0v) is 17.9. The van der Waals surface area contributed by atoms with E-state index in [1.54, 1.807) is 0 Å². The summed E-state index contributed by atoms with van der Waals surface area (Å²) in [5.74, 6) is -0.733. The van der Waals surface area contributed by atoms with Crippen LogP contribution >= 0.6 is 11.6 Å². The van der Waals surface area contributed by atoms with Crippen LogP contribution in [0.25, 0.3) is 0 Å². The van der Waals surface area contributed by atoms with Gasteiger partial charge >= 0.3 is 0 Å². The predicted molar refractivity (Wildman–Crippen MR) is 112 cm³/mol. The first kappa shape index (κ1) is 22.5. The Kier molecular flexibility index (Phi) is 6.39. The Hall–Kier alpha value is -2.18. The van der Waals surface area contributed by atoms with Crippen LogP contribution in [0.4, 0.5) is 17.1 Å². The second-order valence-electron chi connectivity index (χ2n) is 7.01. The molecule has 4 N–H and O–H groups in total. The molecular weight excluding hydrogens is 438 g/mol. The molecule has 0 spiro atoms. The maximum atomic E-state index is 12.6. The smallest absolute Gasteiger partial charge is 0.269 e. The molecule has 3 rings (SSSR count). The van der Waals surface area contributed by atoms with Crippen molar-refractivity contribution in [2.75, 3.05) is 24.8 Å². The maximum Gasteiger partial charge on any atom is 0.269 e. The quantitative estimate of drug-likeness (QED) is 0.273. The molecule has 2 aromatic carbocycles. The fourth-order valence-electron chi connectivity index (χ4n) is 3.37. The van der Waals surface area contributed by atoms with Crippen LogP contribution < -0.4 is 21.5 Å². The molecule has 2 aromatic rings. The number of hydroxylamine groups is 1. The number of aromatic hydroxyl groups is 1. The first-order valence-electron chi connectivity index (χ1n) is 9.19. The molecule has 10 nitrogen and oxygen atoms in total. The number of phenols is 1. The van der Waals surface area contributed by atoms with Gasteiger partial charge in [-0.15, -0.1) is 0 Å². The number of nitrogens with one attached hydrogen (secondary N) is 2. The van der Waals surface area contributed by atoms with E-state index < -0.39 is 37.6 Å². The second kappa shape index (κ2) is 8.52. The molecule has 1 fully saturated rings. The van der Waals surface area contributed by atoms with Gasteiger partial charge in [-0.25, -0.2) is 8.42 Å². The number of phenolic OH excluding ortho intramolecular Hbond substituents is 1. The standard InChI is InChI=1S/C18H22ClN3O7S/c1-22(29-2)30(27,28)18-9(19)7-8-11(15(18)24)21-14-13(16(25)17(14)26)20-10-5-3-4-6-12(10)23/h7-8,10,12,20-21,23-24H,3-6H2,1-2H3. The summed E-state index contributed by atoms with van der Waals surface area (Å²) in [6.07, 6.45) is 2.32. The summed E-state index contributed by atoms with van der Waals surface area (Å²) in [5.41, 5.74) is -1.86. The monoisotopic (exact) mass is 459 g/mol. The average Bonchev–Trinajstić information content (AvgIpc) is 2.72. The number of hydrogen-bond donors (Lipinski definition) is 4. The Morgan fingerprint density at radius 2 is 1.80 bits per heavy atom. The minimum absolute atomic E-state index is 0.0151. The molecule has 1 aliphatic rings. The van der Waals surface area contributed by atoms with Crippen LogP contribution in [0.2, 0.25) is 5.02 Å². The van der Waals surface area contributed by atoms with Crippen molar-refractivity contribution in [2.24, 2.45) is 0 Å². The lowest BCUT2D eigenvalue weighted by molar-refractivity contribution is -0.0259. The number of hydrogen-bond acceptors (Lipinski definition) is 9. The van der Waals surface area contributed by atoms with Crippen LogP contribution in [0.3, 0.4) is 0 Å². The highest BCUT2D eigenvalue weighted by Crippen LogP contribution is 2.40. The Morgan fingerprint density at radius 3 is 2.43 bits per heavy atom. The molecule has 164 valence electrons. The van der Waals surface area contributed by atoms with Crippen molar-refractivity contribution in [3.05, 3.63) is 37.6 Å². The van der Waals surface area contributed by atoms with Crippen molar-refractivity contribution >= 4 is 38.7 Å². The molecule has 0 aromatic heterocycles. The molecule has 0 saturated heterocycles. The van der Waals surface area contributed by atoms with E-state index in [0.717, 1.165) is 27.0 Å². The van der Waals surface area contributed by atoms with Crippen molar-refractivity contribution in [3.8, 4) is 5.75 Å².